The van der Waals surface area contributed by atoms with Crippen molar-refractivity contribution in [2.75, 3.05) is 7.05 Å². The van der Waals surface area contributed by atoms with Crippen LogP contribution in [0.15, 0.2) is 18.2 Å². The summed E-state index contributed by atoms with van der Waals surface area (Å²) < 4.78 is 0. The molecule has 0 aliphatic heterocycles. The third-order valence-electron chi connectivity index (χ3n) is 3.23. The quantitative estimate of drug-likeness (QED) is 0.709. The van der Waals surface area contributed by atoms with Gasteiger partial charge in [-0.1, -0.05) is 0 Å². The molecule has 0 bridgehead atoms. The zero-order chi connectivity index (χ0) is 16.7. The van der Waals surface area contributed by atoms with Crippen LogP contribution in [0.3, 0.4) is 0 Å². The van der Waals surface area contributed by atoms with Crippen molar-refractivity contribution in [1.82, 2.24) is 10.2 Å². The second-order valence-electron chi connectivity index (χ2n) is 4.69. The number of benzene rings is 1. The number of rotatable bonds is 7. The van der Waals surface area contributed by atoms with Crippen LogP contribution in [0.2, 0.25) is 0 Å². The standard InChI is InChI=1S/C15H18N2O5/c1-10-8-11(20)5-6-12(10)15(22)17(9-19)13(4-3-7-18)14(21)16-2/h5-9,13,20H,3-4H2,1-2H3,(H,16,21). The summed E-state index contributed by atoms with van der Waals surface area (Å²) in [6.07, 6.45) is 0.990. The van der Waals surface area contributed by atoms with E-state index in [1.54, 1.807) is 6.92 Å². The first kappa shape index (κ1) is 17.4. The van der Waals surface area contributed by atoms with Gasteiger partial charge < -0.3 is 15.2 Å². The summed E-state index contributed by atoms with van der Waals surface area (Å²) in [6.45, 7) is 1.61. The number of nitrogens with zero attached hydrogens (tertiary/aromatic N) is 1. The molecule has 0 aromatic heterocycles. The third-order valence-corrected chi connectivity index (χ3v) is 3.23. The molecule has 0 spiro atoms. The Bertz CT molecular complexity index is 585. The number of likely N-dealkylation sites (N-methyl/N-ethyl adjacent to an activating group) is 1. The number of aryl methyl sites for hydroxylation is 1. The predicted molar refractivity (Wildman–Crippen MR) is 78.2 cm³/mol. The van der Waals surface area contributed by atoms with Crippen molar-refractivity contribution in [2.45, 2.75) is 25.8 Å². The fourth-order valence-electron chi connectivity index (χ4n) is 2.08. The van der Waals surface area contributed by atoms with E-state index in [4.69, 9.17) is 0 Å². The number of phenolic OH excluding ortho intramolecular Hbond substituents is 1. The molecule has 3 amide bonds. The molecule has 0 saturated carbocycles. The van der Waals surface area contributed by atoms with Crippen molar-refractivity contribution >= 4 is 24.5 Å². The molecule has 0 radical (unpaired) electrons. The number of aldehydes is 1. The van der Waals surface area contributed by atoms with Crippen LogP contribution in [-0.4, -0.2) is 47.6 Å². The van der Waals surface area contributed by atoms with Crippen LogP contribution in [0, 0.1) is 6.92 Å². The molecular formula is C15H18N2O5. The van der Waals surface area contributed by atoms with Gasteiger partial charge >= 0.3 is 0 Å². The van der Waals surface area contributed by atoms with E-state index in [2.05, 4.69) is 5.32 Å². The average molecular weight is 306 g/mol. The number of carbonyl (C=O) groups is 4. The van der Waals surface area contributed by atoms with Crippen molar-refractivity contribution in [1.29, 1.82) is 0 Å². The van der Waals surface area contributed by atoms with E-state index in [0.717, 1.165) is 4.90 Å². The van der Waals surface area contributed by atoms with Gasteiger partial charge in [-0.15, -0.1) is 0 Å². The van der Waals surface area contributed by atoms with Crippen molar-refractivity contribution in [3.8, 4) is 5.75 Å². The largest absolute Gasteiger partial charge is 0.508 e. The summed E-state index contributed by atoms with van der Waals surface area (Å²) in [4.78, 5) is 46.9. The number of phenols is 1. The molecule has 0 heterocycles. The minimum Gasteiger partial charge on any atom is -0.508 e. The molecule has 0 aliphatic carbocycles. The van der Waals surface area contributed by atoms with E-state index >= 15 is 0 Å². The number of nitrogens with one attached hydrogen (secondary N) is 1. The van der Waals surface area contributed by atoms with Crippen molar-refractivity contribution < 1.29 is 24.3 Å². The molecule has 118 valence electrons. The second kappa shape index (κ2) is 7.92. The number of imide groups is 1. The van der Waals surface area contributed by atoms with Crippen LogP contribution in [0.25, 0.3) is 0 Å². The molecule has 0 fully saturated rings. The first-order chi connectivity index (χ1) is 10.5. The van der Waals surface area contributed by atoms with Crippen LogP contribution in [0.5, 0.6) is 5.75 Å². The number of hydrogen-bond donors (Lipinski definition) is 2. The van der Waals surface area contributed by atoms with Crippen molar-refractivity contribution in [3.63, 3.8) is 0 Å². The summed E-state index contributed by atoms with van der Waals surface area (Å²) in [5, 5.41) is 11.7. The summed E-state index contributed by atoms with van der Waals surface area (Å²) in [5.74, 6) is -1.19. The highest BCUT2D eigenvalue weighted by molar-refractivity contribution is 6.04. The average Bonchev–Trinajstić information content (AvgIpc) is 2.50. The maximum Gasteiger partial charge on any atom is 0.261 e. The predicted octanol–water partition coefficient (Wildman–Crippen LogP) is 0.393. The van der Waals surface area contributed by atoms with Crippen LogP contribution in [0.1, 0.15) is 28.8 Å². The monoisotopic (exact) mass is 306 g/mol. The lowest BCUT2D eigenvalue weighted by molar-refractivity contribution is -0.131. The Hall–Kier alpha value is -2.70. The van der Waals surface area contributed by atoms with Crippen LogP contribution in [0.4, 0.5) is 0 Å². The Kier molecular flexibility index (Phi) is 6.25. The Balaban J connectivity index is 3.14. The minimum absolute atomic E-state index is 0.00416. The summed E-state index contributed by atoms with van der Waals surface area (Å²) in [5.41, 5.74) is 0.674. The highest BCUT2D eigenvalue weighted by Crippen LogP contribution is 2.19. The molecule has 7 heteroatoms. The molecule has 1 rings (SSSR count). The van der Waals surface area contributed by atoms with Gasteiger partial charge in [-0.25, -0.2) is 0 Å². The van der Waals surface area contributed by atoms with E-state index in [-0.39, 0.29) is 30.6 Å². The lowest BCUT2D eigenvalue weighted by Gasteiger charge is -2.25. The summed E-state index contributed by atoms with van der Waals surface area (Å²) >= 11 is 0. The topological polar surface area (TPSA) is 104 Å². The zero-order valence-corrected chi connectivity index (χ0v) is 12.4. The Morgan fingerprint density at radius 1 is 1.36 bits per heavy atom. The maximum atomic E-state index is 12.5. The van der Waals surface area contributed by atoms with Gasteiger partial charge in [0.05, 0.1) is 0 Å². The van der Waals surface area contributed by atoms with Crippen LogP contribution >= 0.6 is 0 Å². The van der Waals surface area contributed by atoms with Gasteiger partial charge in [0.15, 0.2) is 0 Å². The SMILES string of the molecule is CNC(=O)C(CCC=O)N(C=O)C(=O)c1ccc(O)cc1C. The molecule has 1 atom stereocenters. The van der Waals surface area contributed by atoms with Gasteiger partial charge in [0.1, 0.15) is 18.1 Å². The van der Waals surface area contributed by atoms with Crippen molar-refractivity contribution in [2.24, 2.45) is 0 Å². The first-order valence-electron chi connectivity index (χ1n) is 6.69. The molecule has 1 aromatic carbocycles. The molecule has 2 N–H and O–H groups in total. The van der Waals surface area contributed by atoms with Crippen LogP contribution in [-0.2, 0) is 14.4 Å². The molecule has 0 saturated heterocycles. The number of hydrogen-bond acceptors (Lipinski definition) is 5. The lowest BCUT2D eigenvalue weighted by Crippen LogP contribution is -2.48. The molecular weight excluding hydrogens is 288 g/mol. The molecule has 7 nitrogen and oxygen atoms in total. The van der Waals surface area contributed by atoms with Gasteiger partial charge in [0.25, 0.3) is 5.91 Å². The second-order valence-corrected chi connectivity index (χ2v) is 4.69. The highest BCUT2D eigenvalue weighted by atomic mass is 16.3. The van der Waals surface area contributed by atoms with E-state index in [1.165, 1.54) is 25.2 Å². The fourth-order valence-corrected chi connectivity index (χ4v) is 2.08. The minimum atomic E-state index is -1.06. The normalized spacial score (nSPS) is 11.4. The summed E-state index contributed by atoms with van der Waals surface area (Å²) in [6, 6.07) is 3.03. The smallest absolute Gasteiger partial charge is 0.261 e. The Morgan fingerprint density at radius 3 is 2.55 bits per heavy atom. The van der Waals surface area contributed by atoms with Gasteiger partial charge in [-0.2, -0.15) is 0 Å². The van der Waals surface area contributed by atoms with E-state index in [1.807, 2.05) is 0 Å². The molecule has 22 heavy (non-hydrogen) atoms. The van der Waals surface area contributed by atoms with Crippen molar-refractivity contribution in [3.05, 3.63) is 29.3 Å². The zero-order valence-electron chi connectivity index (χ0n) is 12.4. The highest BCUT2D eigenvalue weighted by Gasteiger charge is 2.30. The van der Waals surface area contributed by atoms with Gasteiger partial charge in [-0.05, 0) is 37.1 Å². The lowest BCUT2D eigenvalue weighted by atomic mass is 10.0. The van der Waals surface area contributed by atoms with E-state index in [0.29, 0.717) is 11.8 Å². The summed E-state index contributed by atoms with van der Waals surface area (Å²) in [7, 11) is 1.38. The third kappa shape index (κ3) is 3.91. The maximum absolute atomic E-state index is 12.5. The molecule has 0 aliphatic rings. The molecule has 1 aromatic rings. The van der Waals surface area contributed by atoms with Crippen LogP contribution < -0.4 is 5.32 Å². The van der Waals surface area contributed by atoms with E-state index < -0.39 is 17.9 Å². The number of aromatic hydroxyl groups is 1. The van der Waals surface area contributed by atoms with Gasteiger partial charge in [0, 0.05) is 19.0 Å². The van der Waals surface area contributed by atoms with Gasteiger partial charge in [-0.3, -0.25) is 19.3 Å². The number of amides is 3. The number of carbonyl (C=O) groups excluding carboxylic acids is 4. The Morgan fingerprint density at radius 2 is 2.05 bits per heavy atom. The fraction of sp³-hybridized carbons (Fsp3) is 0.333. The van der Waals surface area contributed by atoms with E-state index in [9.17, 15) is 24.3 Å². The van der Waals surface area contributed by atoms with Gasteiger partial charge in [0.2, 0.25) is 12.3 Å². The molecule has 1 unspecified atom stereocenters. The Labute approximate surface area is 127 Å². The first-order valence-corrected chi connectivity index (χ1v) is 6.69.